The highest BCUT2D eigenvalue weighted by Crippen LogP contribution is 2.30. The number of nitro groups is 1. The molecule has 0 radical (unpaired) electrons. The number of hydrogen-bond donors (Lipinski definition) is 1. The molecule has 8 nitrogen and oxygen atoms in total. The Hall–Kier alpha value is -1.51. The summed E-state index contributed by atoms with van der Waals surface area (Å²) in [5, 5.41) is 23.5. The van der Waals surface area contributed by atoms with Crippen molar-refractivity contribution in [2.75, 3.05) is 19.8 Å². The van der Waals surface area contributed by atoms with Gasteiger partial charge in [-0.05, 0) is 0 Å². The first-order valence-corrected chi connectivity index (χ1v) is 5.13. The maximum absolute atomic E-state index is 10.8. The molecule has 0 aromatic carbocycles. The third-order valence-electron chi connectivity index (χ3n) is 2.61. The Morgan fingerprint density at radius 1 is 1.65 bits per heavy atom. The van der Waals surface area contributed by atoms with Crippen LogP contribution < -0.4 is 0 Å². The second-order valence-corrected chi connectivity index (χ2v) is 3.84. The molecule has 1 saturated heterocycles. The van der Waals surface area contributed by atoms with Gasteiger partial charge in [0.05, 0.1) is 24.7 Å². The van der Waals surface area contributed by atoms with Crippen LogP contribution in [0.25, 0.3) is 0 Å². The van der Waals surface area contributed by atoms with Crippen molar-refractivity contribution in [2.45, 2.75) is 6.29 Å². The van der Waals surface area contributed by atoms with Gasteiger partial charge in [0.1, 0.15) is 6.20 Å². The van der Waals surface area contributed by atoms with Gasteiger partial charge in [-0.15, -0.1) is 0 Å². The maximum atomic E-state index is 10.8. The minimum atomic E-state index is -0.800. The molecule has 94 valence electrons. The Balaban J connectivity index is 2.18. The standard InChI is InChI=1S/C9H13N3O5/c1-11-8(7(2-10-11)12(14)15)9-16-4-6(3-13)5-17-9/h2,6,9,13H,3-5H2,1H3. The normalized spacial score (nSPS) is 24.8. The Kier molecular flexibility index (Phi) is 3.36. The van der Waals surface area contributed by atoms with Crippen molar-refractivity contribution in [1.82, 2.24) is 9.78 Å². The zero-order chi connectivity index (χ0) is 12.4. The molecule has 0 spiro atoms. The van der Waals surface area contributed by atoms with E-state index in [0.717, 1.165) is 0 Å². The summed E-state index contributed by atoms with van der Waals surface area (Å²) in [6.45, 7) is 0.590. The molecular formula is C9H13N3O5. The van der Waals surface area contributed by atoms with E-state index in [0.29, 0.717) is 13.2 Å². The summed E-state index contributed by atoms with van der Waals surface area (Å²) in [6.07, 6.45) is 0.367. The van der Waals surface area contributed by atoms with Crippen LogP contribution in [0.2, 0.25) is 0 Å². The molecule has 1 aliphatic heterocycles. The molecule has 1 aromatic rings. The van der Waals surface area contributed by atoms with E-state index in [2.05, 4.69) is 5.10 Å². The van der Waals surface area contributed by atoms with Gasteiger partial charge in [-0.3, -0.25) is 14.8 Å². The maximum Gasteiger partial charge on any atom is 0.315 e. The van der Waals surface area contributed by atoms with Crippen LogP contribution in [0.4, 0.5) is 5.69 Å². The molecule has 0 bridgehead atoms. The Labute approximate surface area is 96.9 Å². The lowest BCUT2D eigenvalue weighted by molar-refractivity contribution is -0.387. The summed E-state index contributed by atoms with van der Waals surface area (Å²) in [5.41, 5.74) is 0.159. The van der Waals surface area contributed by atoms with Gasteiger partial charge in [-0.2, -0.15) is 5.10 Å². The number of rotatable bonds is 3. The van der Waals surface area contributed by atoms with Crippen LogP contribution in [0.15, 0.2) is 6.20 Å². The highest BCUT2D eigenvalue weighted by molar-refractivity contribution is 5.33. The van der Waals surface area contributed by atoms with Gasteiger partial charge in [0, 0.05) is 13.0 Å². The molecule has 0 atom stereocenters. The zero-order valence-corrected chi connectivity index (χ0v) is 9.28. The first-order valence-electron chi connectivity index (χ1n) is 5.13. The average molecular weight is 243 g/mol. The van der Waals surface area contributed by atoms with Gasteiger partial charge in [-0.25, -0.2) is 0 Å². The predicted octanol–water partition coefficient (Wildman–Crippen LogP) is -0.0178. The zero-order valence-electron chi connectivity index (χ0n) is 9.28. The molecule has 1 fully saturated rings. The molecule has 8 heteroatoms. The monoisotopic (exact) mass is 243 g/mol. The Bertz CT molecular complexity index is 411. The molecule has 1 aliphatic rings. The SMILES string of the molecule is Cn1ncc([N+](=O)[O-])c1C1OCC(CO)CO1. The van der Waals surface area contributed by atoms with Crippen LogP contribution in [-0.2, 0) is 16.5 Å². The van der Waals surface area contributed by atoms with Gasteiger partial charge in [-0.1, -0.05) is 0 Å². The Morgan fingerprint density at radius 2 is 2.29 bits per heavy atom. The molecule has 0 aliphatic carbocycles. The number of aliphatic hydroxyl groups excluding tert-OH is 1. The van der Waals surface area contributed by atoms with E-state index in [1.807, 2.05) is 0 Å². The van der Waals surface area contributed by atoms with Crippen molar-refractivity contribution in [3.8, 4) is 0 Å². The number of nitrogens with zero attached hydrogens (tertiary/aromatic N) is 3. The second kappa shape index (κ2) is 4.78. The summed E-state index contributed by atoms with van der Waals surface area (Å²) in [6, 6.07) is 0. The van der Waals surface area contributed by atoms with Gasteiger partial charge < -0.3 is 14.6 Å². The van der Waals surface area contributed by atoms with E-state index in [9.17, 15) is 10.1 Å². The number of hydrogen-bond acceptors (Lipinski definition) is 6. The quantitative estimate of drug-likeness (QED) is 0.591. The van der Waals surface area contributed by atoms with Gasteiger partial charge in [0.25, 0.3) is 0 Å². The smallest absolute Gasteiger partial charge is 0.315 e. The second-order valence-electron chi connectivity index (χ2n) is 3.84. The van der Waals surface area contributed by atoms with Crippen LogP contribution in [0, 0.1) is 16.0 Å². The van der Waals surface area contributed by atoms with Crippen LogP contribution in [0.3, 0.4) is 0 Å². The highest BCUT2D eigenvalue weighted by Gasteiger charge is 2.32. The summed E-state index contributed by atoms with van der Waals surface area (Å²) in [5.74, 6) is -0.0847. The van der Waals surface area contributed by atoms with Crippen LogP contribution >= 0.6 is 0 Å². The van der Waals surface area contributed by atoms with E-state index in [-0.39, 0.29) is 23.9 Å². The van der Waals surface area contributed by atoms with Crippen molar-refractivity contribution < 1.29 is 19.5 Å². The minimum Gasteiger partial charge on any atom is -0.396 e. The summed E-state index contributed by atoms with van der Waals surface area (Å²) in [4.78, 5) is 10.3. The molecule has 0 amide bonds. The Morgan fingerprint density at radius 3 is 2.82 bits per heavy atom. The molecular weight excluding hydrogens is 230 g/mol. The summed E-state index contributed by atoms with van der Waals surface area (Å²) in [7, 11) is 1.59. The van der Waals surface area contributed by atoms with E-state index in [1.165, 1.54) is 10.9 Å². The van der Waals surface area contributed by atoms with Crippen molar-refractivity contribution in [1.29, 1.82) is 0 Å². The number of ether oxygens (including phenoxy) is 2. The third kappa shape index (κ3) is 2.28. The van der Waals surface area contributed by atoms with Gasteiger partial charge >= 0.3 is 5.69 Å². The first-order chi connectivity index (χ1) is 8.13. The fourth-order valence-electron chi connectivity index (χ4n) is 1.66. The van der Waals surface area contributed by atoms with Crippen molar-refractivity contribution in [3.05, 3.63) is 22.0 Å². The minimum absolute atomic E-state index is 0.0276. The van der Waals surface area contributed by atoms with E-state index >= 15 is 0 Å². The lowest BCUT2D eigenvalue weighted by Crippen LogP contribution is -2.30. The van der Waals surface area contributed by atoms with Crippen molar-refractivity contribution >= 4 is 5.69 Å². The highest BCUT2D eigenvalue weighted by atomic mass is 16.7. The molecule has 1 N–H and O–H groups in total. The molecule has 1 aromatic heterocycles. The third-order valence-corrected chi connectivity index (χ3v) is 2.61. The average Bonchev–Trinajstić information content (AvgIpc) is 2.71. The van der Waals surface area contributed by atoms with Gasteiger partial charge in [0.2, 0.25) is 6.29 Å². The van der Waals surface area contributed by atoms with Crippen LogP contribution in [-0.4, -0.2) is 39.6 Å². The van der Waals surface area contributed by atoms with E-state index < -0.39 is 11.2 Å². The predicted molar refractivity (Wildman–Crippen MR) is 55.1 cm³/mol. The largest absolute Gasteiger partial charge is 0.396 e. The fourth-order valence-corrected chi connectivity index (χ4v) is 1.66. The lowest BCUT2D eigenvalue weighted by Gasteiger charge is -2.27. The van der Waals surface area contributed by atoms with E-state index in [4.69, 9.17) is 14.6 Å². The van der Waals surface area contributed by atoms with Crippen molar-refractivity contribution in [2.24, 2.45) is 13.0 Å². The number of aryl methyl sites for hydroxylation is 1. The number of aromatic nitrogens is 2. The summed E-state index contributed by atoms with van der Waals surface area (Å²) >= 11 is 0. The lowest BCUT2D eigenvalue weighted by atomic mass is 10.2. The molecule has 17 heavy (non-hydrogen) atoms. The molecule has 0 unspecified atom stereocenters. The molecule has 2 heterocycles. The molecule has 2 rings (SSSR count). The first kappa shape index (κ1) is 12.0. The van der Waals surface area contributed by atoms with Crippen LogP contribution in [0.1, 0.15) is 12.0 Å². The van der Waals surface area contributed by atoms with E-state index in [1.54, 1.807) is 7.05 Å². The topological polar surface area (TPSA) is 99.7 Å². The number of aliphatic hydroxyl groups is 1. The van der Waals surface area contributed by atoms with Gasteiger partial charge in [0.15, 0.2) is 5.69 Å². The fraction of sp³-hybridized carbons (Fsp3) is 0.667. The molecule has 0 saturated carbocycles. The van der Waals surface area contributed by atoms with Crippen molar-refractivity contribution in [3.63, 3.8) is 0 Å². The van der Waals surface area contributed by atoms with Crippen LogP contribution in [0.5, 0.6) is 0 Å². The summed E-state index contributed by atoms with van der Waals surface area (Å²) < 4.78 is 12.1.